The lowest BCUT2D eigenvalue weighted by Crippen LogP contribution is -2.47. The first-order valence-electron chi connectivity index (χ1n) is 10.1. The predicted molar refractivity (Wildman–Crippen MR) is 121 cm³/mol. The number of aromatic nitrogens is 6. The lowest BCUT2D eigenvalue weighted by atomic mass is 10.3. The molecule has 4 aromatic rings. The largest absolute Gasteiger partial charge is 0.484 e. The van der Waals surface area contributed by atoms with Crippen molar-refractivity contribution in [1.29, 1.82) is 0 Å². The van der Waals surface area contributed by atoms with Gasteiger partial charge in [0.15, 0.2) is 12.3 Å². The van der Waals surface area contributed by atoms with E-state index in [4.69, 9.17) is 33.0 Å². The van der Waals surface area contributed by atoms with Gasteiger partial charge in [0, 0.05) is 38.2 Å². The Hall–Kier alpha value is -3.02. The summed E-state index contributed by atoms with van der Waals surface area (Å²) in [4.78, 5) is 13.7. The number of piperazine rings is 1. The molecule has 0 unspecified atom stereocenters. The first kappa shape index (κ1) is 20.9. The number of benzene rings is 1. The lowest BCUT2D eigenvalue weighted by molar-refractivity contribution is 0.191. The Bertz CT molecular complexity index is 1280. The third-order valence-corrected chi connectivity index (χ3v) is 5.88. The summed E-state index contributed by atoms with van der Waals surface area (Å²) in [5.74, 6) is 2.04. The van der Waals surface area contributed by atoms with E-state index in [0.29, 0.717) is 28.2 Å². The van der Waals surface area contributed by atoms with Gasteiger partial charge in [-0.25, -0.2) is 14.6 Å². The second-order valence-corrected chi connectivity index (χ2v) is 8.24. The van der Waals surface area contributed by atoms with Gasteiger partial charge in [-0.05, 0) is 36.5 Å². The van der Waals surface area contributed by atoms with Gasteiger partial charge in [-0.1, -0.05) is 11.6 Å². The molecule has 0 radical (unpaired) electrons. The molecule has 3 aromatic heterocycles. The number of fused-ring (bicyclic) bond motifs is 1. The Morgan fingerprint density at radius 3 is 2.69 bits per heavy atom. The normalized spacial score (nSPS) is 14.9. The van der Waals surface area contributed by atoms with Crippen LogP contribution in [0.3, 0.4) is 0 Å². The number of hydrogen-bond donors (Lipinski definition) is 0. The Labute approximate surface area is 194 Å². The highest BCUT2D eigenvalue weighted by molar-refractivity contribution is 7.71. The number of nitrogens with zero attached hydrogens (tertiary/aromatic N) is 8. The molecule has 0 aliphatic carbocycles. The fourth-order valence-electron chi connectivity index (χ4n) is 3.67. The molecule has 32 heavy (non-hydrogen) atoms. The second kappa shape index (κ2) is 8.85. The number of hydrogen-bond acceptors (Lipinski definition) is 9. The highest BCUT2D eigenvalue weighted by Crippen LogP contribution is 2.23. The van der Waals surface area contributed by atoms with Gasteiger partial charge in [0.05, 0.1) is 18.3 Å². The molecule has 12 heteroatoms. The predicted octanol–water partition coefficient (Wildman–Crippen LogP) is 2.89. The van der Waals surface area contributed by atoms with Crippen LogP contribution in [-0.2, 0) is 20.3 Å². The van der Waals surface area contributed by atoms with E-state index in [2.05, 4.69) is 30.0 Å². The summed E-state index contributed by atoms with van der Waals surface area (Å²) >= 11 is 11.2. The quantitative estimate of drug-likeness (QED) is 0.393. The molecule has 1 saturated heterocycles. The minimum Gasteiger partial charge on any atom is -0.484 e. The van der Waals surface area contributed by atoms with Crippen molar-refractivity contribution < 1.29 is 9.15 Å². The van der Waals surface area contributed by atoms with Crippen LogP contribution in [0.1, 0.15) is 5.89 Å². The van der Waals surface area contributed by atoms with Gasteiger partial charge < -0.3 is 14.1 Å². The van der Waals surface area contributed by atoms with Gasteiger partial charge in [0.1, 0.15) is 17.9 Å². The zero-order valence-electron chi connectivity index (χ0n) is 17.4. The van der Waals surface area contributed by atoms with Crippen molar-refractivity contribution in [3.63, 3.8) is 0 Å². The summed E-state index contributed by atoms with van der Waals surface area (Å²) < 4.78 is 14.7. The molecule has 0 bridgehead atoms. The van der Waals surface area contributed by atoms with Crippen LogP contribution in [0.5, 0.6) is 5.75 Å². The molecule has 0 amide bonds. The molecular weight excluding hydrogens is 452 g/mol. The van der Waals surface area contributed by atoms with Crippen LogP contribution in [0.4, 0.5) is 5.82 Å². The van der Waals surface area contributed by atoms with Crippen LogP contribution in [0.2, 0.25) is 5.02 Å². The minimum atomic E-state index is 0.195. The number of aryl methyl sites for hydroxylation is 1. The topological polar surface area (TPSA) is 90.3 Å². The van der Waals surface area contributed by atoms with Crippen molar-refractivity contribution in [2.24, 2.45) is 7.05 Å². The van der Waals surface area contributed by atoms with Crippen LogP contribution >= 0.6 is 23.8 Å². The van der Waals surface area contributed by atoms with Crippen LogP contribution in [-0.4, -0.2) is 60.6 Å². The molecule has 1 aliphatic heterocycles. The van der Waals surface area contributed by atoms with Crippen LogP contribution in [0.15, 0.2) is 41.2 Å². The Morgan fingerprint density at radius 2 is 1.91 bits per heavy atom. The van der Waals surface area contributed by atoms with Gasteiger partial charge >= 0.3 is 0 Å². The number of ether oxygens (including phenoxy) is 1. The number of anilines is 1. The Balaban J connectivity index is 1.19. The summed E-state index contributed by atoms with van der Waals surface area (Å²) in [6.07, 6.45) is 3.41. The lowest BCUT2D eigenvalue weighted by Gasteiger charge is -2.35. The fourth-order valence-corrected chi connectivity index (χ4v) is 3.99. The van der Waals surface area contributed by atoms with E-state index in [-0.39, 0.29) is 6.61 Å². The minimum absolute atomic E-state index is 0.195. The number of halogens is 1. The first-order chi connectivity index (χ1) is 15.6. The van der Waals surface area contributed by atoms with E-state index >= 15 is 0 Å². The van der Waals surface area contributed by atoms with Gasteiger partial charge in [-0.15, -0.1) is 5.10 Å². The Morgan fingerprint density at radius 1 is 1.12 bits per heavy atom. The van der Waals surface area contributed by atoms with Gasteiger partial charge in [-0.3, -0.25) is 9.58 Å². The molecule has 166 valence electrons. The average molecular weight is 473 g/mol. The van der Waals surface area contributed by atoms with E-state index in [1.807, 2.05) is 13.2 Å². The van der Waals surface area contributed by atoms with Crippen molar-refractivity contribution in [2.45, 2.75) is 13.3 Å². The average Bonchev–Trinajstić information content (AvgIpc) is 3.36. The van der Waals surface area contributed by atoms with Gasteiger partial charge in [0.2, 0.25) is 0 Å². The second-order valence-electron chi connectivity index (χ2n) is 7.45. The Kier molecular flexibility index (Phi) is 5.77. The summed E-state index contributed by atoms with van der Waals surface area (Å²) in [6.45, 7) is 4.11. The number of rotatable bonds is 6. The summed E-state index contributed by atoms with van der Waals surface area (Å²) in [5.41, 5.74) is 0.833. The summed E-state index contributed by atoms with van der Waals surface area (Å²) in [6, 6.07) is 7.13. The molecule has 1 aliphatic rings. The maximum absolute atomic E-state index is 5.89. The maximum atomic E-state index is 5.89. The highest BCUT2D eigenvalue weighted by Gasteiger charge is 2.22. The third-order valence-electron chi connectivity index (χ3n) is 5.34. The van der Waals surface area contributed by atoms with E-state index in [0.717, 1.165) is 43.0 Å². The van der Waals surface area contributed by atoms with Crippen molar-refractivity contribution >= 4 is 40.7 Å². The van der Waals surface area contributed by atoms with E-state index in [1.54, 1.807) is 40.0 Å². The smallest absolute Gasteiger partial charge is 0.288 e. The maximum Gasteiger partial charge on any atom is 0.288 e. The van der Waals surface area contributed by atoms with Crippen molar-refractivity contribution in [3.05, 3.63) is 52.5 Å². The van der Waals surface area contributed by atoms with Crippen LogP contribution in [0.25, 0.3) is 11.0 Å². The van der Waals surface area contributed by atoms with Crippen LogP contribution in [0, 0.1) is 4.84 Å². The molecular formula is C20H21ClN8O2S. The molecule has 0 atom stereocenters. The highest BCUT2D eigenvalue weighted by atomic mass is 35.5. The molecule has 4 heterocycles. The summed E-state index contributed by atoms with van der Waals surface area (Å²) in [5, 5.41) is 10.4. The first-order valence-corrected chi connectivity index (χ1v) is 10.9. The molecule has 5 rings (SSSR count). The zero-order chi connectivity index (χ0) is 22.1. The van der Waals surface area contributed by atoms with Crippen molar-refractivity contribution in [2.75, 3.05) is 31.1 Å². The molecule has 0 spiro atoms. The third kappa shape index (κ3) is 4.31. The van der Waals surface area contributed by atoms with E-state index in [1.165, 1.54) is 0 Å². The van der Waals surface area contributed by atoms with Gasteiger partial charge in [0.25, 0.3) is 10.7 Å². The standard InChI is InChI=1S/C20H21ClN8O2S/c1-26-18-16(10-24-26)19(23-12-22-18)28-8-6-27(7-9-28)13-29-20(32)31-17(25-29)11-30-15-4-2-14(21)3-5-15/h2-5,10,12H,6-9,11,13H2,1H3. The summed E-state index contributed by atoms with van der Waals surface area (Å²) in [7, 11) is 1.88. The van der Waals surface area contributed by atoms with Crippen LogP contribution < -0.4 is 9.64 Å². The SMILES string of the molecule is Cn1ncc2c(N3CCN(Cn4nc(COc5ccc(Cl)cc5)oc4=S)CC3)ncnc21. The monoisotopic (exact) mass is 472 g/mol. The molecule has 1 aromatic carbocycles. The van der Waals surface area contributed by atoms with E-state index in [9.17, 15) is 0 Å². The van der Waals surface area contributed by atoms with Crippen molar-refractivity contribution in [3.8, 4) is 5.75 Å². The fraction of sp³-hybridized carbons (Fsp3) is 0.350. The molecule has 10 nitrogen and oxygen atoms in total. The van der Waals surface area contributed by atoms with E-state index < -0.39 is 0 Å². The molecule has 0 N–H and O–H groups in total. The van der Waals surface area contributed by atoms with Gasteiger partial charge in [-0.2, -0.15) is 5.10 Å². The molecule has 0 saturated carbocycles. The van der Waals surface area contributed by atoms with Crippen molar-refractivity contribution in [1.82, 2.24) is 34.4 Å². The molecule has 1 fully saturated rings. The zero-order valence-corrected chi connectivity index (χ0v) is 19.0.